The Morgan fingerprint density at radius 1 is 1.11 bits per heavy atom. The number of benzene rings is 1. The number of hydrogen-bond acceptors (Lipinski definition) is 8. The third-order valence-corrected chi connectivity index (χ3v) is 4.94. The van der Waals surface area contributed by atoms with Crippen LogP contribution in [0, 0.1) is 0 Å². The monoisotopic (exact) mass is 383 g/mol. The number of aromatic nitrogens is 3. The summed E-state index contributed by atoms with van der Waals surface area (Å²) >= 11 is 1.50. The number of anilines is 2. The summed E-state index contributed by atoms with van der Waals surface area (Å²) in [6.07, 6.45) is 5.42. The summed E-state index contributed by atoms with van der Waals surface area (Å²) in [5, 5.41) is 1.03. The molecule has 4 rings (SSSR count). The zero-order valence-corrected chi connectivity index (χ0v) is 16.1. The normalized spacial score (nSPS) is 14.4. The summed E-state index contributed by atoms with van der Waals surface area (Å²) in [5.74, 6) is 1.53. The van der Waals surface area contributed by atoms with E-state index in [0.29, 0.717) is 5.88 Å². The molecule has 1 aliphatic heterocycles. The van der Waals surface area contributed by atoms with Crippen molar-refractivity contribution in [1.29, 1.82) is 0 Å². The first-order valence-electron chi connectivity index (χ1n) is 8.71. The summed E-state index contributed by atoms with van der Waals surface area (Å²) in [7, 11) is 1.62. The Labute approximate surface area is 162 Å². The highest BCUT2D eigenvalue weighted by atomic mass is 32.2. The number of rotatable bonds is 5. The van der Waals surface area contributed by atoms with Crippen molar-refractivity contribution in [2.24, 2.45) is 0 Å². The molecule has 0 unspecified atom stereocenters. The van der Waals surface area contributed by atoms with Gasteiger partial charge in [0.05, 0.1) is 25.8 Å². The molecule has 0 saturated carbocycles. The maximum atomic E-state index is 5.47. The lowest BCUT2D eigenvalue weighted by atomic mass is 10.0. The second kappa shape index (κ2) is 7.98. The quantitative estimate of drug-likeness (QED) is 0.674. The van der Waals surface area contributed by atoms with E-state index in [-0.39, 0.29) is 0 Å². The summed E-state index contributed by atoms with van der Waals surface area (Å²) < 4.78 is 14.0. The lowest BCUT2D eigenvalue weighted by Gasteiger charge is -2.28. The number of morpholine rings is 1. The molecule has 3 heterocycles. The van der Waals surface area contributed by atoms with Crippen LogP contribution >= 0.6 is 11.9 Å². The third kappa shape index (κ3) is 3.63. The van der Waals surface area contributed by atoms with Gasteiger partial charge >= 0.3 is 0 Å². The third-order valence-electron chi connectivity index (χ3n) is 4.51. The fourth-order valence-electron chi connectivity index (χ4n) is 3.21. The molecule has 1 saturated heterocycles. The van der Waals surface area contributed by atoms with Gasteiger partial charge in [0.15, 0.2) is 0 Å². The van der Waals surface area contributed by atoms with Gasteiger partial charge in [0.2, 0.25) is 5.88 Å². The number of hydrogen-bond donors (Lipinski definition) is 1. The SMILES string of the molecule is COc1ncc(-c2ccc3ncnc(N4CCOCC4)c3c2)cc1NSC. The predicted octanol–water partition coefficient (Wildman–Crippen LogP) is 3.23. The van der Waals surface area contributed by atoms with E-state index in [2.05, 4.69) is 36.7 Å². The van der Waals surface area contributed by atoms with E-state index in [1.165, 1.54) is 11.9 Å². The van der Waals surface area contributed by atoms with E-state index in [9.17, 15) is 0 Å². The lowest BCUT2D eigenvalue weighted by molar-refractivity contribution is 0.122. The number of ether oxygens (including phenoxy) is 2. The van der Waals surface area contributed by atoms with Gasteiger partial charge in [-0.15, -0.1) is 0 Å². The van der Waals surface area contributed by atoms with Gasteiger partial charge in [-0.3, -0.25) is 0 Å². The second-order valence-electron chi connectivity index (χ2n) is 6.12. The van der Waals surface area contributed by atoms with Crippen LogP contribution in [-0.2, 0) is 4.74 Å². The van der Waals surface area contributed by atoms with Crippen LogP contribution in [0.1, 0.15) is 0 Å². The lowest BCUT2D eigenvalue weighted by Crippen LogP contribution is -2.36. The molecule has 1 aromatic carbocycles. The second-order valence-corrected chi connectivity index (χ2v) is 6.73. The summed E-state index contributed by atoms with van der Waals surface area (Å²) in [4.78, 5) is 15.7. The van der Waals surface area contributed by atoms with E-state index in [1.54, 1.807) is 13.4 Å². The molecule has 2 aromatic heterocycles. The Hall–Kier alpha value is -2.58. The molecule has 0 atom stereocenters. The minimum Gasteiger partial charge on any atom is -0.480 e. The number of nitrogens with one attached hydrogen (secondary N) is 1. The van der Waals surface area contributed by atoms with Gasteiger partial charge in [-0.05, 0) is 23.8 Å². The van der Waals surface area contributed by atoms with Crippen molar-refractivity contribution in [3.05, 3.63) is 36.8 Å². The van der Waals surface area contributed by atoms with Crippen LogP contribution < -0.4 is 14.4 Å². The Bertz CT molecular complexity index is 947. The number of fused-ring (bicyclic) bond motifs is 1. The fraction of sp³-hybridized carbons (Fsp3) is 0.316. The molecule has 3 aromatic rings. The van der Waals surface area contributed by atoms with Crippen molar-refractivity contribution in [1.82, 2.24) is 15.0 Å². The molecule has 0 spiro atoms. The van der Waals surface area contributed by atoms with Crippen molar-refractivity contribution in [2.75, 3.05) is 49.3 Å². The van der Waals surface area contributed by atoms with E-state index in [4.69, 9.17) is 9.47 Å². The summed E-state index contributed by atoms with van der Waals surface area (Å²) in [6, 6.07) is 8.27. The molecular formula is C19H21N5O2S. The standard InChI is InChI=1S/C19H21N5O2S/c1-25-19-17(23-27-2)10-14(11-20-19)13-3-4-16-15(9-13)18(22-12-21-16)24-5-7-26-8-6-24/h3-4,9-12,23H,5-8H2,1-2H3. The molecule has 7 nitrogen and oxygen atoms in total. The van der Waals surface area contributed by atoms with Crippen molar-refractivity contribution < 1.29 is 9.47 Å². The highest BCUT2D eigenvalue weighted by Crippen LogP contribution is 2.32. The molecule has 27 heavy (non-hydrogen) atoms. The van der Waals surface area contributed by atoms with Crippen LogP contribution in [0.15, 0.2) is 36.8 Å². The molecule has 1 N–H and O–H groups in total. The zero-order chi connectivity index (χ0) is 18.6. The van der Waals surface area contributed by atoms with Gasteiger partial charge in [0, 0.05) is 36.5 Å². The average molecular weight is 383 g/mol. The Morgan fingerprint density at radius 2 is 1.96 bits per heavy atom. The molecule has 1 aliphatic rings. The summed E-state index contributed by atoms with van der Waals surface area (Å²) in [5.41, 5.74) is 3.84. The van der Waals surface area contributed by atoms with Gasteiger partial charge in [-0.2, -0.15) is 0 Å². The summed E-state index contributed by atoms with van der Waals surface area (Å²) in [6.45, 7) is 3.11. The van der Waals surface area contributed by atoms with Crippen molar-refractivity contribution in [2.45, 2.75) is 0 Å². The highest BCUT2D eigenvalue weighted by molar-refractivity contribution is 7.99. The van der Waals surface area contributed by atoms with Crippen LogP contribution in [-0.4, -0.2) is 54.6 Å². The van der Waals surface area contributed by atoms with Crippen molar-refractivity contribution in [3.8, 4) is 17.0 Å². The van der Waals surface area contributed by atoms with Crippen LogP contribution in [0.2, 0.25) is 0 Å². The first-order chi connectivity index (χ1) is 13.3. The molecule has 0 radical (unpaired) electrons. The largest absolute Gasteiger partial charge is 0.480 e. The minimum absolute atomic E-state index is 0.575. The predicted molar refractivity (Wildman–Crippen MR) is 109 cm³/mol. The molecule has 8 heteroatoms. The van der Waals surface area contributed by atoms with Gasteiger partial charge in [0.1, 0.15) is 17.8 Å². The fourth-order valence-corrected chi connectivity index (χ4v) is 3.57. The van der Waals surface area contributed by atoms with E-state index < -0.39 is 0 Å². The Kier molecular flexibility index (Phi) is 5.26. The number of methoxy groups -OCH3 is 1. The van der Waals surface area contributed by atoms with Gasteiger partial charge in [-0.25, -0.2) is 15.0 Å². The maximum absolute atomic E-state index is 5.47. The molecular weight excluding hydrogens is 362 g/mol. The highest BCUT2D eigenvalue weighted by Gasteiger charge is 2.16. The molecule has 140 valence electrons. The minimum atomic E-state index is 0.575. The van der Waals surface area contributed by atoms with E-state index in [0.717, 1.165) is 59.8 Å². The van der Waals surface area contributed by atoms with Gasteiger partial charge in [0.25, 0.3) is 0 Å². The van der Waals surface area contributed by atoms with Gasteiger partial charge < -0.3 is 19.1 Å². The molecule has 1 fully saturated rings. The maximum Gasteiger partial charge on any atom is 0.237 e. The number of nitrogens with zero attached hydrogens (tertiary/aromatic N) is 4. The Balaban J connectivity index is 1.78. The van der Waals surface area contributed by atoms with Crippen LogP contribution in [0.5, 0.6) is 5.88 Å². The van der Waals surface area contributed by atoms with Crippen LogP contribution in [0.25, 0.3) is 22.0 Å². The first kappa shape index (κ1) is 17.8. The first-order valence-corrected chi connectivity index (χ1v) is 9.93. The topological polar surface area (TPSA) is 72.4 Å². The van der Waals surface area contributed by atoms with Crippen molar-refractivity contribution in [3.63, 3.8) is 0 Å². The van der Waals surface area contributed by atoms with Crippen LogP contribution in [0.3, 0.4) is 0 Å². The zero-order valence-electron chi connectivity index (χ0n) is 15.3. The van der Waals surface area contributed by atoms with E-state index >= 15 is 0 Å². The number of pyridine rings is 1. The molecule has 0 aliphatic carbocycles. The Morgan fingerprint density at radius 3 is 2.74 bits per heavy atom. The average Bonchev–Trinajstić information content (AvgIpc) is 2.74. The molecule has 0 amide bonds. The van der Waals surface area contributed by atoms with Crippen LogP contribution in [0.4, 0.5) is 11.5 Å². The smallest absolute Gasteiger partial charge is 0.237 e. The van der Waals surface area contributed by atoms with Gasteiger partial charge in [-0.1, -0.05) is 18.0 Å². The molecule has 0 bridgehead atoms. The van der Waals surface area contributed by atoms with E-state index in [1.807, 2.05) is 24.6 Å². The van der Waals surface area contributed by atoms with Crippen molar-refractivity contribution >= 4 is 34.4 Å².